The maximum atomic E-state index is 13.2. The molecule has 0 saturated heterocycles. The smallest absolute Gasteiger partial charge is 0.214 e. The van der Waals surface area contributed by atoms with Crippen LogP contribution in [0.3, 0.4) is 0 Å². The molecule has 8 heteroatoms. The molecule has 0 aliphatic rings. The molecule has 1 atom stereocenters. The molecule has 3 aromatic heterocycles. The average molecular weight is 422 g/mol. The van der Waals surface area contributed by atoms with Gasteiger partial charge < -0.3 is 8.98 Å². The van der Waals surface area contributed by atoms with Crippen LogP contribution in [0.5, 0.6) is 0 Å². The van der Waals surface area contributed by atoms with Crippen LogP contribution in [0, 0.1) is 20.8 Å². The number of benzene rings is 1. The van der Waals surface area contributed by atoms with E-state index in [1.807, 2.05) is 70.2 Å². The van der Waals surface area contributed by atoms with Crippen molar-refractivity contribution < 1.29 is 9.21 Å². The van der Waals surface area contributed by atoms with Crippen molar-refractivity contribution in [3.63, 3.8) is 0 Å². The maximum absolute atomic E-state index is 13.2. The number of ketones is 1. The van der Waals surface area contributed by atoms with Crippen LogP contribution in [0.1, 0.15) is 40.0 Å². The number of aryl methyl sites for hydroxylation is 2. The van der Waals surface area contributed by atoms with Crippen molar-refractivity contribution in [2.24, 2.45) is 0 Å². The van der Waals surface area contributed by atoms with Gasteiger partial charge in [0.25, 0.3) is 0 Å². The standard InChI is InChI=1S/C22H23N5O2S/c1-14-7-9-18(10-8-14)27-22(23-24-25-27)30-17(4)21(28)20-12-15(2)26(16(20)3)13-19-6-5-11-29-19/h5-12,17H,13H2,1-4H3/t17-/m1/s1. The zero-order chi connectivity index (χ0) is 21.3. The van der Waals surface area contributed by atoms with E-state index in [9.17, 15) is 4.79 Å². The third-order valence-corrected chi connectivity index (χ3v) is 6.14. The van der Waals surface area contributed by atoms with Crippen LogP contribution in [0.4, 0.5) is 0 Å². The van der Waals surface area contributed by atoms with Gasteiger partial charge in [-0.2, -0.15) is 4.68 Å². The second-order valence-electron chi connectivity index (χ2n) is 7.28. The van der Waals surface area contributed by atoms with E-state index in [4.69, 9.17) is 4.42 Å². The highest BCUT2D eigenvalue weighted by atomic mass is 32.2. The Morgan fingerprint density at radius 1 is 1.17 bits per heavy atom. The van der Waals surface area contributed by atoms with E-state index in [1.54, 1.807) is 10.9 Å². The fourth-order valence-corrected chi connectivity index (χ4v) is 4.26. The molecule has 0 unspecified atom stereocenters. The number of carbonyl (C=O) groups is 1. The van der Waals surface area contributed by atoms with Crippen molar-refractivity contribution in [1.82, 2.24) is 24.8 Å². The summed E-state index contributed by atoms with van der Waals surface area (Å²) in [4.78, 5) is 13.2. The molecule has 0 saturated carbocycles. The highest BCUT2D eigenvalue weighted by Crippen LogP contribution is 2.27. The van der Waals surface area contributed by atoms with Crippen LogP contribution in [0.2, 0.25) is 0 Å². The number of tetrazole rings is 1. The van der Waals surface area contributed by atoms with E-state index in [0.717, 1.165) is 28.4 Å². The second-order valence-corrected chi connectivity index (χ2v) is 8.59. The first kappa shape index (κ1) is 20.2. The number of hydrogen-bond acceptors (Lipinski definition) is 6. The van der Waals surface area contributed by atoms with Gasteiger partial charge in [0.1, 0.15) is 5.76 Å². The molecule has 0 fully saturated rings. The van der Waals surface area contributed by atoms with Gasteiger partial charge in [-0.3, -0.25) is 4.79 Å². The Kier molecular flexibility index (Phi) is 5.59. The van der Waals surface area contributed by atoms with Crippen molar-refractivity contribution in [3.8, 4) is 5.69 Å². The Morgan fingerprint density at radius 3 is 2.63 bits per heavy atom. The van der Waals surface area contributed by atoms with Crippen LogP contribution < -0.4 is 0 Å². The Balaban J connectivity index is 1.54. The van der Waals surface area contributed by atoms with Crippen LogP contribution >= 0.6 is 11.8 Å². The molecule has 0 radical (unpaired) electrons. The lowest BCUT2D eigenvalue weighted by Crippen LogP contribution is -2.16. The van der Waals surface area contributed by atoms with Gasteiger partial charge in [0.2, 0.25) is 5.16 Å². The van der Waals surface area contributed by atoms with E-state index >= 15 is 0 Å². The average Bonchev–Trinajstić information content (AvgIpc) is 3.46. The van der Waals surface area contributed by atoms with Gasteiger partial charge in [0.15, 0.2) is 5.78 Å². The summed E-state index contributed by atoms with van der Waals surface area (Å²) in [5.74, 6) is 0.910. The van der Waals surface area contributed by atoms with Crippen LogP contribution in [-0.4, -0.2) is 35.8 Å². The Hall–Kier alpha value is -3.13. The minimum absolute atomic E-state index is 0.0530. The molecule has 3 heterocycles. The first-order chi connectivity index (χ1) is 14.4. The van der Waals surface area contributed by atoms with Gasteiger partial charge >= 0.3 is 0 Å². The third kappa shape index (κ3) is 3.95. The molecule has 0 aliphatic heterocycles. The van der Waals surface area contributed by atoms with E-state index < -0.39 is 0 Å². The predicted octanol–water partition coefficient (Wildman–Crippen LogP) is 4.39. The molecule has 0 bridgehead atoms. The number of carbonyl (C=O) groups excluding carboxylic acids is 1. The van der Waals surface area contributed by atoms with Gasteiger partial charge in [-0.05, 0) is 68.5 Å². The third-order valence-electron chi connectivity index (χ3n) is 5.10. The lowest BCUT2D eigenvalue weighted by atomic mass is 10.1. The van der Waals surface area contributed by atoms with Gasteiger partial charge in [-0.15, -0.1) is 5.10 Å². The Bertz CT molecular complexity index is 1160. The fourth-order valence-electron chi connectivity index (χ4n) is 3.38. The Labute approximate surface area is 179 Å². The molecule has 7 nitrogen and oxygen atoms in total. The minimum atomic E-state index is -0.335. The maximum Gasteiger partial charge on any atom is 0.214 e. The molecule has 154 valence electrons. The second kappa shape index (κ2) is 8.31. The summed E-state index contributed by atoms with van der Waals surface area (Å²) >= 11 is 1.36. The minimum Gasteiger partial charge on any atom is -0.467 e. The molecule has 0 spiro atoms. The number of nitrogens with zero attached hydrogens (tertiary/aromatic N) is 5. The summed E-state index contributed by atoms with van der Waals surface area (Å²) in [6, 6.07) is 13.7. The van der Waals surface area contributed by atoms with Gasteiger partial charge in [0, 0.05) is 17.0 Å². The quantitative estimate of drug-likeness (QED) is 0.325. The summed E-state index contributed by atoms with van der Waals surface area (Å²) in [7, 11) is 0. The van der Waals surface area contributed by atoms with E-state index in [0.29, 0.717) is 17.3 Å². The monoisotopic (exact) mass is 421 g/mol. The molecular weight excluding hydrogens is 398 g/mol. The normalized spacial score (nSPS) is 12.3. The van der Waals surface area contributed by atoms with Gasteiger partial charge in [0.05, 0.1) is 23.7 Å². The number of Topliss-reactive ketones (excluding diaryl/α,β-unsaturated/α-hetero) is 1. The van der Waals surface area contributed by atoms with Crippen molar-refractivity contribution in [2.75, 3.05) is 0 Å². The topological polar surface area (TPSA) is 78.7 Å². The zero-order valence-electron chi connectivity index (χ0n) is 17.4. The van der Waals surface area contributed by atoms with Crippen molar-refractivity contribution >= 4 is 17.5 Å². The number of hydrogen-bond donors (Lipinski definition) is 0. The lowest BCUT2D eigenvalue weighted by Gasteiger charge is -2.11. The summed E-state index contributed by atoms with van der Waals surface area (Å²) in [6.07, 6.45) is 1.66. The summed E-state index contributed by atoms with van der Waals surface area (Å²) in [6.45, 7) is 8.49. The fraction of sp³-hybridized carbons (Fsp3) is 0.273. The number of furan rings is 1. The first-order valence-corrected chi connectivity index (χ1v) is 10.6. The summed E-state index contributed by atoms with van der Waals surface area (Å²) < 4.78 is 9.22. The number of rotatable bonds is 7. The van der Waals surface area contributed by atoms with Crippen LogP contribution in [-0.2, 0) is 6.54 Å². The molecule has 4 rings (SSSR count). The van der Waals surface area contributed by atoms with Crippen LogP contribution in [0.15, 0.2) is 58.3 Å². The predicted molar refractivity (Wildman–Crippen MR) is 115 cm³/mol. The molecule has 0 amide bonds. The zero-order valence-corrected chi connectivity index (χ0v) is 18.2. The van der Waals surface area contributed by atoms with Crippen LogP contribution in [0.25, 0.3) is 5.69 Å². The molecular formula is C22H23N5O2S. The highest BCUT2D eigenvalue weighted by molar-refractivity contribution is 8.00. The van der Waals surface area contributed by atoms with Crippen molar-refractivity contribution in [2.45, 2.75) is 44.6 Å². The van der Waals surface area contributed by atoms with E-state index in [-0.39, 0.29) is 11.0 Å². The first-order valence-electron chi connectivity index (χ1n) is 9.69. The summed E-state index contributed by atoms with van der Waals surface area (Å²) in [5.41, 5.74) is 4.70. The van der Waals surface area contributed by atoms with E-state index in [2.05, 4.69) is 20.1 Å². The van der Waals surface area contributed by atoms with Crippen molar-refractivity contribution in [1.29, 1.82) is 0 Å². The lowest BCUT2D eigenvalue weighted by molar-refractivity contribution is 0.0993. The van der Waals surface area contributed by atoms with E-state index in [1.165, 1.54) is 11.8 Å². The molecule has 1 aromatic carbocycles. The number of aromatic nitrogens is 5. The van der Waals surface area contributed by atoms with Crippen molar-refractivity contribution in [3.05, 3.63) is 77.0 Å². The Morgan fingerprint density at radius 2 is 1.93 bits per heavy atom. The van der Waals surface area contributed by atoms with Gasteiger partial charge in [-0.25, -0.2) is 0 Å². The highest BCUT2D eigenvalue weighted by Gasteiger charge is 2.24. The molecule has 0 N–H and O–H groups in total. The van der Waals surface area contributed by atoms with Gasteiger partial charge in [-0.1, -0.05) is 29.5 Å². The molecule has 4 aromatic rings. The molecule has 0 aliphatic carbocycles. The number of thioether (sulfide) groups is 1. The SMILES string of the molecule is Cc1ccc(-n2nnnc2S[C@H](C)C(=O)c2cc(C)n(Cc3ccco3)c2C)cc1. The largest absolute Gasteiger partial charge is 0.467 e. The molecule has 30 heavy (non-hydrogen) atoms. The summed E-state index contributed by atoms with van der Waals surface area (Å²) in [5, 5.41) is 12.3.